The van der Waals surface area contributed by atoms with Gasteiger partial charge in [-0.25, -0.2) is 9.98 Å². The highest BCUT2D eigenvalue weighted by molar-refractivity contribution is 7.10. The van der Waals surface area contributed by atoms with E-state index in [1.54, 1.807) is 22.8 Å². The number of para-hydroxylation sites is 1. The van der Waals surface area contributed by atoms with Crippen LogP contribution in [0.5, 0.6) is 5.88 Å². The number of thiazole rings is 1. The van der Waals surface area contributed by atoms with Gasteiger partial charge in [-0.3, -0.25) is 4.57 Å². The van der Waals surface area contributed by atoms with Crippen molar-refractivity contribution in [3.8, 4) is 5.88 Å². The first kappa shape index (κ1) is 21.2. The van der Waals surface area contributed by atoms with E-state index in [2.05, 4.69) is 12.6 Å². The van der Waals surface area contributed by atoms with Crippen LogP contribution in [0.25, 0.3) is 11.6 Å². The Hall–Kier alpha value is -3.67. The van der Waals surface area contributed by atoms with Gasteiger partial charge >= 0.3 is 0 Å². The summed E-state index contributed by atoms with van der Waals surface area (Å²) >= 11 is 7.43. The van der Waals surface area contributed by atoms with Crippen molar-refractivity contribution in [1.29, 1.82) is 0 Å². The highest BCUT2D eigenvalue weighted by atomic mass is 35.5. The zero-order chi connectivity index (χ0) is 22.8. The summed E-state index contributed by atoms with van der Waals surface area (Å²) in [5.41, 5.74) is 5.60. The molecule has 0 saturated heterocycles. The molecule has 1 aliphatic heterocycles. The molecule has 4 nitrogen and oxygen atoms in total. The Morgan fingerprint density at radius 3 is 2.48 bits per heavy atom. The minimum atomic E-state index is 0.150. The highest BCUT2D eigenvalue weighted by Crippen LogP contribution is 2.39. The van der Waals surface area contributed by atoms with Gasteiger partial charge in [0.05, 0.1) is 22.0 Å². The minimum Gasteiger partial charge on any atom is -0.493 e. The fourth-order valence-electron chi connectivity index (χ4n) is 3.72. The SMILES string of the molecule is C=CCn1c(O)c(/C=C2\C(c3ccccc3)=Nc3ccccc32)sc1=Nc1ccc(Cl)cc1. The Labute approximate surface area is 200 Å². The van der Waals surface area contributed by atoms with Crippen molar-refractivity contribution >= 4 is 51.7 Å². The summed E-state index contributed by atoms with van der Waals surface area (Å²) in [5.74, 6) is 0.150. The van der Waals surface area contributed by atoms with E-state index in [0.29, 0.717) is 21.2 Å². The summed E-state index contributed by atoms with van der Waals surface area (Å²) in [5, 5.41) is 11.7. The maximum atomic E-state index is 11.1. The number of hydrogen-bond donors (Lipinski definition) is 1. The number of hydrogen-bond acceptors (Lipinski definition) is 4. The van der Waals surface area contributed by atoms with Gasteiger partial charge in [0, 0.05) is 28.3 Å². The largest absolute Gasteiger partial charge is 0.493 e. The molecule has 5 rings (SSSR count). The second-order valence-corrected chi connectivity index (χ2v) is 8.91. The summed E-state index contributed by atoms with van der Waals surface area (Å²) in [4.78, 5) is 11.0. The summed E-state index contributed by atoms with van der Waals surface area (Å²) in [7, 11) is 0. The van der Waals surface area contributed by atoms with Crippen LogP contribution in [-0.4, -0.2) is 15.4 Å². The topological polar surface area (TPSA) is 49.9 Å². The zero-order valence-corrected chi connectivity index (χ0v) is 19.2. The first-order chi connectivity index (χ1) is 16.1. The fraction of sp³-hybridized carbons (Fsp3) is 0.0370. The molecule has 0 aliphatic carbocycles. The van der Waals surface area contributed by atoms with Gasteiger partial charge < -0.3 is 5.11 Å². The van der Waals surface area contributed by atoms with Crippen molar-refractivity contribution in [1.82, 2.24) is 4.57 Å². The normalized spacial score (nSPS) is 14.4. The van der Waals surface area contributed by atoms with Crippen LogP contribution in [0.15, 0.2) is 102 Å². The van der Waals surface area contributed by atoms with E-state index >= 15 is 0 Å². The van der Waals surface area contributed by atoms with E-state index in [0.717, 1.165) is 33.8 Å². The number of halogens is 1. The molecule has 1 N–H and O–H groups in total. The molecule has 4 aromatic rings. The molecule has 0 radical (unpaired) electrons. The Morgan fingerprint density at radius 1 is 1.00 bits per heavy atom. The molecule has 6 heteroatoms. The van der Waals surface area contributed by atoms with Gasteiger partial charge in [-0.1, -0.05) is 77.5 Å². The van der Waals surface area contributed by atoms with E-state index in [-0.39, 0.29) is 5.88 Å². The molecule has 0 spiro atoms. The van der Waals surface area contributed by atoms with Crippen molar-refractivity contribution in [3.05, 3.63) is 117 Å². The maximum absolute atomic E-state index is 11.1. The maximum Gasteiger partial charge on any atom is 0.211 e. The predicted molar refractivity (Wildman–Crippen MR) is 138 cm³/mol. The Bertz CT molecular complexity index is 1460. The molecule has 2 heterocycles. The highest BCUT2D eigenvalue weighted by Gasteiger charge is 2.23. The summed E-state index contributed by atoms with van der Waals surface area (Å²) in [6, 6.07) is 25.4. The third kappa shape index (κ3) is 4.21. The van der Waals surface area contributed by atoms with Crippen LogP contribution >= 0.6 is 22.9 Å². The van der Waals surface area contributed by atoms with E-state index < -0.39 is 0 Å². The molecule has 1 aliphatic rings. The average molecular weight is 470 g/mol. The van der Waals surface area contributed by atoms with Gasteiger partial charge in [0.25, 0.3) is 0 Å². The lowest BCUT2D eigenvalue weighted by atomic mass is 9.97. The van der Waals surface area contributed by atoms with E-state index in [9.17, 15) is 5.11 Å². The molecule has 0 unspecified atom stereocenters. The summed E-state index contributed by atoms with van der Waals surface area (Å²) < 4.78 is 1.75. The van der Waals surface area contributed by atoms with Crippen molar-refractivity contribution in [3.63, 3.8) is 0 Å². The molecule has 33 heavy (non-hydrogen) atoms. The number of aromatic nitrogens is 1. The standard InChI is InChI=1S/C27H20ClN3OS/c1-2-16-31-26(32)24(33-27(31)29-20-14-12-19(28)13-15-20)17-22-21-10-6-7-11-23(21)30-25(22)18-8-4-3-5-9-18/h2-15,17,32H,1,16H2/b22-17-,29-27?. The van der Waals surface area contributed by atoms with Crippen LogP contribution in [-0.2, 0) is 6.54 Å². The number of benzene rings is 3. The van der Waals surface area contributed by atoms with Crippen LogP contribution in [0, 0.1) is 0 Å². The molecule has 0 atom stereocenters. The molecule has 0 saturated carbocycles. The van der Waals surface area contributed by atoms with Gasteiger partial charge in [-0.05, 0) is 36.4 Å². The molecule has 0 amide bonds. The second-order valence-electron chi connectivity index (χ2n) is 7.46. The molecule has 0 bridgehead atoms. The van der Waals surface area contributed by atoms with Crippen molar-refractivity contribution in [2.75, 3.05) is 0 Å². The smallest absolute Gasteiger partial charge is 0.211 e. The zero-order valence-electron chi connectivity index (χ0n) is 17.6. The van der Waals surface area contributed by atoms with Gasteiger partial charge in [0.15, 0.2) is 4.80 Å². The minimum absolute atomic E-state index is 0.150. The third-order valence-corrected chi connectivity index (χ3v) is 6.54. The summed E-state index contributed by atoms with van der Waals surface area (Å²) in [6.45, 7) is 4.27. The lowest BCUT2D eigenvalue weighted by Crippen LogP contribution is -2.12. The van der Waals surface area contributed by atoms with E-state index in [1.165, 1.54) is 11.3 Å². The van der Waals surface area contributed by atoms with Crippen LogP contribution in [0.3, 0.4) is 0 Å². The molecule has 162 valence electrons. The first-order valence-corrected chi connectivity index (χ1v) is 11.6. The van der Waals surface area contributed by atoms with Crippen LogP contribution < -0.4 is 4.80 Å². The number of nitrogens with zero attached hydrogens (tertiary/aromatic N) is 3. The molecule has 1 aromatic heterocycles. The first-order valence-electron chi connectivity index (χ1n) is 10.4. The second kappa shape index (κ2) is 9.06. The van der Waals surface area contributed by atoms with Crippen LogP contribution in [0.1, 0.15) is 16.0 Å². The lowest BCUT2D eigenvalue weighted by Gasteiger charge is -2.06. The number of aliphatic imine (C=N–C) groups is 1. The number of aromatic hydroxyl groups is 1. The monoisotopic (exact) mass is 469 g/mol. The quantitative estimate of drug-likeness (QED) is 0.314. The lowest BCUT2D eigenvalue weighted by molar-refractivity contribution is 0.421. The number of fused-ring (bicyclic) bond motifs is 1. The Kier molecular flexibility index (Phi) is 5.82. The van der Waals surface area contributed by atoms with Crippen LogP contribution in [0.4, 0.5) is 11.4 Å². The fourth-order valence-corrected chi connectivity index (χ4v) is 4.84. The van der Waals surface area contributed by atoms with Crippen molar-refractivity contribution in [2.45, 2.75) is 6.54 Å². The molecular formula is C27H20ClN3OS. The predicted octanol–water partition coefficient (Wildman–Crippen LogP) is 7.00. The Balaban J connectivity index is 1.67. The van der Waals surface area contributed by atoms with E-state index in [1.807, 2.05) is 66.7 Å². The number of rotatable bonds is 5. The van der Waals surface area contributed by atoms with Crippen molar-refractivity contribution < 1.29 is 5.11 Å². The van der Waals surface area contributed by atoms with E-state index in [4.69, 9.17) is 21.6 Å². The molecule has 3 aromatic carbocycles. The molecular weight excluding hydrogens is 450 g/mol. The van der Waals surface area contributed by atoms with Crippen molar-refractivity contribution in [2.24, 2.45) is 9.98 Å². The molecule has 0 fully saturated rings. The van der Waals surface area contributed by atoms with Gasteiger partial charge in [0.2, 0.25) is 5.88 Å². The average Bonchev–Trinajstić information content (AvgIpc) is 3.35. The third-order valence-electron chi connectivity index (χ3n) is 5.28. The Morgan fingerprint density at radius 2 is 1.73 bits per heavy atom. The van der Waals surface area contributed by atoms with Gasteiger partial charge in [-0.15, -0.1) is 6.58 Å². The summed E-state index contributed by atoms with van der Waals surface area (Å²) in [6.07, 6.45) is 3.74. The van der Waals surface area contributed by atoms with Gasteiger partial charge in [0.1, 0.15) is 0 Å². The number of allylic oxidation sites excluding steroid dienone is 2. The van der Waals surface area contributed by atoms with Crippen LogP contribution in [0.2, 0.25) is 5.02 Å². The van der Waals surface area contributed by atoms with Gasteiger partial charge in [-0.2, -0.15) is 0 Å².